The lowest BCUT2D eigenvalue weighted by Gasteiger charge is -2.18. The van der Waals surface area contributed by atoms with Crippen molar-refractivity contribution in [2.24, 2.45) is 0 Å². The fraction of sp³-hybridized carbons (Fsp3) is 0.615. The summed E-state index contributed by atoms with van der Waals surface area (Å²) in [5, 5.41) is 9.73. The summed E-state index contributed by atoms with van der Waals surface area (Å²) in [7, 11) is 1.87. The third-order valence-corrected chi connectivity index (χ3v) is 2.45. The van der Waals surface area contributed by atoms with E-state index in [2.05, 4.69) is 0 Å². The minimum atomic E-state index is -0.717. The molecule has 1 rings (SSSR count). The van der Waals surface area contributed by atoms with Crippen LogP contribution in [0.15, 0.2) is 16.5 Å². The van der Waals surface area contributed by atoms with Crippen molar-refractivity contribution in [3.63, 3.8) is 0 Å². The van der Waals surface area contributed by atoms with E-state index >= 15 is 0 Å². The molecule has 5 heteroatoms. The lowest BCUT2D eigenvalue weighted by molar-refractivity contribution is -0.145. The molecule has 0 aliphatic rings. The zero-order valence-corrected chi connectivity index (χ0v) is 11.2. The highest BCUT2D eigenvalue weighted by atomic mass is 16.5. The molecule has 0 bridgehead atoms. The van der Waals surface area contributed by atoms with Gasteiger partial charge in [0.1, 0.15) is 11.5 Å². The van der Waals surface area contributed by atoms with Gasteiger partial charge in [-0.15, -0.1) is 0 Å². The molecule has 1 heterocycles. The molecule has 5 nitrogen and oxygen atoms in total. The molecule has 0 spiro atoms. The third kappa shape index (κ3) is 5.33. The molecule has 0 saturated heterocycles. The second-order valence-electron chi connectivity index (χ2n) is 4.37. The van der Waals surface area contributed by atoms with Crippen molar-refractivity contribution < 1.29 is 19.1 Å². The molecule has 1 N–H and O–H groups in total. The normalized spacial score (nSPS) is 12.7. The number of hydrogen-bond acceptors (Lipinski definition) is 5. The van der Waals surface area contributed by atoms with Crippen LogP contribution in [0, 0.1) is 6.92 Å². The van der Waals surface area contributed by atoms with E-state index in [9.17, 15) is 9.90 Å². The second kappa shape index (κ2) is 7.18. The topological polar surface area (TPSA) is 62.9 Å². The molecule has 0 radical (unpaired) electrons. The second-order valence-corrected chi connectivity index (χ2v) is 4.37. The number of rotatable bonds is 7. The molecule has 0 aliphatic carbocycles. The lowest BCUT2D eigenvalue weighted by atomic mass is 10.2. The molecule has 1 aromatic rings. The van der Waals surface area contributed by atoms with Crippen LogP contribution >= 0.6 is 0 Å². The van der Waals surface area contributed by atoms with Crippen LogP contribution in [0.4, 0.5) is 0 Å². The van der Waals surface area contributed by atoms with Crippen LogP contribution < -0.4 is 0 Å². The Kier molecular flexibility index (Phi) is 5.88. The van der Waals surface area contributed by atoms with Crippen molar-refractivity contribution >= 4 is 5.97 Å². The van der Waals surface area contributed by atoms with Crippen LogP contribution in [0.5, 0.6) is 0 Å². The summed E-state index contributed by atoms with van der Waals surface area (Å²) in [4.78, 5) is 13.1. The van der Waals surface area contributed by atoms with Crippen LogP contribution in [0.1, 0.15) is 24.9 Å². The maximum Gasteiger partial charge on any atom is 0.308 e. The molecule has 1 unspecified atom stereocenters. The number of aliphatic hydroxyl groups is 1. The predicted octanol–water partition coefficient (Wildman–Crippen LogP) is 1.33. The first-order chi connectivity index (χ1) is 8.51. The highest BCUT2D eigenvalue weighted by molar-refractivity contribution is 5.69. The average Bonchev–Trinajstić information content (AvgIpc) is 2.63. The smallest absolute Gasteiger partial charge is 0.308 e. The van der Waals surface area contributed by atoms with Crippen molar-refractivity contribution in [1.82, 2.24) is 4.90 Å². The van der Waals surface area contributed by atoms with Gasteiger partial charge in [-0.3, -0.25) is 9.69 Å². The highest BCUT2D eigenvalue weighted by Crippen LogP contribution is 2.09. The number of carbonyl (C=O) groups excluding carboxylic acids is 1. The van der Waals surface area contributed by atoms with E-state index in [-0.39, 0.29) is 12.4 Å². The Bertz CT molecular complexity index is 375. The summed E-state index contributed by atoms with van der Waals surface area (Å²) < 4.78 is 10.2. The first-order valence-corrected chi connectivity index (χ1v) is 6.08. The summed E-state index contributed by atoms with van der Waals surface area (Å²) >= 11 is 0. The number of aliphatic hydroxyl groups excluding tert-OH is 1. The van der Waals surface area contributed by atoms with Gasteiger partial charge < -0.3 is 14.3 Å². The molecule has 0 aromatic carbocycles. The molecule has 0 amide bonds. The van der Waals surface area contributed by atoms with Crippen molar-refractivity contribution in [3.05, 3.63) is 23.7 Å². The highest BCUT2D eigenvalue weighted by Gasteiger charge is 2.14. The molecule has 102 valence electrons. The minimum absolute atomic E-state index is 0.0232. The van der Waals surface area contributed by atoms with Crippen molar-refractivity contribution in [2.45, 2.75) is 32.9 Å². The van der Waals surface area contributed by atoms with Gasteiger partial charge in [-0.1, -0.05) is 0 Å². The minimum Gasteiger partial charge on any atom is -0.466 e. The number of ether oxygens (including phenoxy) is 1. The van der Waals surface area contributed by atoms with E-state index in [1.807, 2.05) is 31.0 Å². The summed E-state index contributed by atoms with van der Waals surface area (Å²) in [6, 6.07) is 3.81. The number of esters is 1. The third-order valence-electron chi connectivity index (χ3n) is 2.45. The molecular weight excluding hydrogens is 234 g/mol. The summed E-state index contributed by atoms with van der Waals surface area (Å²) in [5.41, 5.74) is 0. The van der Waals surface area contributed by atoms with Gasteiger partial charge in [-0.25, -0.2) is 0 Å². The number of nitrogens with zero attached hydrogens (tertiary/aromatic N) is 1. The van der Waals surface area contributed by atoms with Gasteiger partial charge in [0.2, 0.25) is 0 Å². The number of aryl methyl sites for hydroxylation is 1. The Morgan fingerprint density at radius 3 is 2.83 bits per heavy atom. The lowest BCUT2D eigenvalue weighted by Crippen LogP contribution is -2.30. The van der Waals surface area contributed by atoms with Gasteiger partial charge in [-0.2, -0.15) is 0 Å². The summed E-state index contributed by atoms with van der Waals surface area (Å²) in [5.74, 6) is 1.34. The Morgan fingerprint density at radius 2 is 2.28 bits per heavy atom. The van der Waals surface area contributed by atoms with Gasteiger partial charge in [0, 0.05) is 6.54 Å². The van der Waals surface area contributed by atoms with Crippen LogP contribution in [0.25, 0.3) is 0 Å². The molecule has 1 atom stereocenters. The van der Waals surface area contributed by atoms with Crippen molar-refractivity contribution in [2.75, 3.05) is 20.2 Å². The average molecular weight is 255 g/mol. The van der Waals surface area contributed by atoms with Gasteiger partial charge in [-0.05, 0) is 33.0 Å². The van der Waals surface area contributed by atoms with Crippen LogP contribution in [0.2, 0.25) is 0 Å². The fourth-order valence-electron chi connectivity index (χ4n) is 1.74. The Morgan fingerprint density at radius 1 is 1.56 bits per heavy atom. The Hall–Kier alpha value is -1.33. The van der Waals surface area contributed by atoms with Gasteiger partial charge in [0.25, 0.3) is 0 Å². The number of likely N-dealkylation sites (N-methyl/N-ethyl adjacent to an activating group) is 1. The first kappa shape index (κ1) is 14.7. The van der Waals surface area contributed by atoms with E-state index in [0.29, 0.717) is 19.7 Å². The van der Waals surface area contributed by atoms with Crippen molar-refractivity contribution in [1.29, 1.82) is 0 Å². The molecule has 0 saturated carbocycles. The SMILES string of the molecule is CCOC(=O)CC(O)CN(C)Cc1ccc(C)o1. The van der Waals surface area contributed by atoms with E-state index in [1.165, 1.54) is 0 Å². The molecular formula is C13H21NO4. The van der Waals surface area contributed by atoms with Gasteiger partial charge >= 0.3 is 5.97 Å². The first-order valence-electron chi connectivity index (χ1n) is 6.08. The predicted molar refractivity (Wildman–Crippen MR) is 67.0 cm³/mol. The van der Waals surface area contributed by atoms with E-state index in [0.717, 1.165) is 11.5 Å². The van der Waals surface area contributed by atoms with E-state index in [1.54, 1.807) is 6.92 Å². The van der Waals surface area contributed by atoms with Crippen molar-refractivity contribution in [3.8, 4) is 0 Å². The molecule has 18 heavy (non-hydrogen) atoms. The molecule has 0 fully saturated rings. The van der Waals surface area contributed by atoms with Crippen LogP contribution in [-0.4, -0.2) is 42.3 Å². The monoisotopic (exact) mass is 255 g/mol. The van der Waals surface area contributed by atoms with Crippen LogP contribution in [0.3, 0.4) is 0 Å². The van der Waals surface area contributed by atoms with E-state index in [4.69, 9.17) is 9.15 Å². The molecule has 0 aliphatic heterocycles. The quantitative estimate of drug-likeness (QED) is 0.745. The Labute approximate surface area is 107 Å². The number of hydrogen-bond donors (Lipinski definition) is 1. The molecule has 1 aromatic heterocycles. The maximum absolute atomic E-state index is 11.2. The zero-order valence-electron chi connectivity index (χ0n) is 11.2. The summed E-state index contributed by atoms with van der Waals surface area (Å²) in [6.45, 7) is 4.98. The zero-order chi connectivity index (χ0) is 13.5. The van der Waals surface area contributed by atoms with E-state index < -0.39 is 6.10 Å². The van der Waals surface area contributed by atoms with Crippen LogP contribution in [-0.2, 0) is 16.1 Å². The Balaban J connectivity index is 2.30. The summed E-state index contributed by atoms with van der Waals surface area (Å²) in [6.07, 6.45) is -0.694. The largest absolute Gasteiger partial charge is 0.466 e. The van der Waals surface area contributed by atoms with Gasteiger partial charge in [0.15, 0.2) is 0 Å². The maximum atomic E-state index is 11.2. The number of furan rings is 1. The van der Waals surface area contributed by atoms with Gasteiger partial charge in [0.05, 0.1) is 25.7 Å². The fourth-order valence-corrected chi connectivity index (χ4v) is 1.74. The standard InChI is InChI=1S/C13H21NO4/c1-4-17-13(16)7-11(15)8-14(3)9-12-6-5-10(2)18-12/h5-6,11,15H,4,7-9H2,1-3H3. The number of carbonyl (C=O) groups is 1.